The molecule has 0 heterocycles. The Morgan fingerprint density at radius 1 is 0.667 bits per heavy atom. The van der Waals surface area contributed by atoms with Crippen LogP contribution in [0.5, 0.6) is 0 Å². The largest absolute Gasteiger partial charge is 0.320 e. The van der Waals surface area contributed by atoms with Crippen molar-refractivity contribution in [1.29, 1.82) is 0 Å². The summed E-state index contributed by atoms with van der Waals surface area (Å²) in [5.41, 5.74) is 1.11. The van der Waals surface area contributed by atoms with Gasteiger partial charge in [-0.3, -0.25) is 19.2 Å². The highest BCUT2D eigenvalue weighted by Gasteiger charge is 2.03. The molecule has 0 unspecified atom stereocenters. The highest BCUT2D eigenvalue weighted by atomic mass is 33.1. The van der Waals surface area contributed by atoms with Gasteiger partial charge < -0.3 is 10.6 Å². The lowest BCUT2D eigenvalue weighted by Gasteiger charge is -2.05. The van der Waals surface area contributed by atoms with E-state index >= 15 is 0 Å². The number of amides is 2. The van der Waals surface area contributed by atoms with Crippen molar-refractivity contribution in [2.75, 3.05) is 10.6 Å². The SMILES string of the molecule is O=CC(=O)Nc1ccc(SSc2ccc(NC(=O)C=O)cc2)cc1. The number of hydrogen-bond donors (Lipinski definition) is 2. The van der Waals surface area contributed by atoms with Crippen LogP contribution >= 0.6 is 21.6 Å². The summed E-state index contributed by atoms with van der Waals surface area (Å²) in [5, 5.41) is 4.87. The number of nitrogens with one attached hydrogen (secondary N) is 2. The van der Waals surface area contributed by atoms with Crippen LogP contribution in [0.25, 0.3) is 0 Å². The van der Waals surface area contributed by atoms with Crippen LogP contribution in [0, 0.1) is 0 Å². The summed E-state index contributed by atoms with van der Waals surface area (Å²) in [5.74, 6) is -1.38. The Morgan fingerprint density at radius 2 is 1.00 bits per heavy atom. The van der Waals surface area contributed by atoms with E-state index in [1.165, 1.54) is 21.6 Å². The van der Waals surface area contributed by atoms with Gasteiger partial charge in [-0.25, -0.2) is 0 Å². The lowest BCUT2D eigenvalue weighted by Crippen LogP contribution is -2.11. The zero-order chi connectivity index (χ0) is 17.4. The molecule has 0 saturated heterocycles. The molecule has 24 heavy (non-hydrogen) atoms. The highest BCUT2D eigenvalue weighted by Crippen LogP contribution is 2.37. The summed E-state index contributed by atoms with van der Waals surface area (Å²) in [6.45, 7) is 0. The maximum Gasteiger partial charge on any atom is 0.288 e. The lowest BCUT2D eigenvalue weighted by molar-refractivity contribution is -0.127. The first kappa shape index (κ1) is 17.8. The second kappa shape index (κ2) is 8.90. The molecule has 0 aliphatic rings. The molecule has 0 aliphatic carbocycles. The van der Waals surface area contributed by atoms with Crippen molar-refractivity contribution >= 4 is 57.3 Å². The van der Waals surface area contributed by atoms with Crippen molar-refractivity contribution in [1.82, 2.24) is 0 Å². The minimum atomic E-state index is -0.688. The summed E-state index contributed by atoms with van der Waals surface area (Å²) in [6, 6.07) is 14.2. The summed E-state index contributed by atoms with van der Waals surface area (Å²) >= 11 is 0. The number of benzene rings is 2. The van der Waals surface area contributed by atoms with E-state index in [-0.39, 0.29) is 12.6 Å². The molecular weight excluding hydrogens is 348 g/mol. The Hall–Kier alpha value is -2.58. The highest BCUT2D eigenvalue weighted by molar-refractivity contribution is 8.76. The van der Waals surface area contributed by atoms with Crippen LogP contribution in [-0.4, -0.2) is 24.4 Å². The van der Waals surface area contributed by atoms with Gasteiger partial charge in [0, 0.05) is 21.2 Å². The molecule has 2 aromatic carbocycles. The number of aldehydes is 2. The Morgan fingerprint density at radius 3 is 1.29 bits per heavy atom. The minimum absolute atomic E-state index is 0.222. The quantitative estimate of drug-likeness (QED) is 0.448. The fourth-order valence-corrected chi connectivity index (χ4v) is 3.56. The van der Waals surface area contributed by atoms with Gasteiger partial charge >= 0.3 is 0 Å². The van der Waals surface area contributed by atoms with Gasteiger partial charge in [0.05, 0.1) is 0 Å². The molecule has 122 valence electrons. The van der Waals surface area contributed by atoms with Crippen molar-refractivity contribution in [3.8, 4) is 0 Å². The van der Waals surface area contributed by atoms with E-state index in [1.54, 1.807) is 24.3 Å². The fraction of sp³-hybridized carbons (Fsp3) is 0. The third kappa shape index (κ3) is 5.56. The number of hydrogen-bond acceptors (Lipinski definition) is 6. The number of carbonyl (C=O) groups excluding carboxylic acids is 4. The maximum atomic E-state index is 11.0. The molecule has 8 heteroatoms. The lowest BCUT2D eigenvalue weighted by atomic mass is 10.3. The summed E-state index contributed by atoms with van der Waals surface area (Å²) in [6.07, 6.45) is 0.444. The van der Waals surface area contributed by atoms with Crippen molar-refractivity contribution in [2.45, 2.75) is 9.79 Å². The molecule has 0 aliphatic heterocycles. The molecule has 0 radical (unpaired) electrons. The van der Waals surface area contributed by atoms with Gasteiger partial charge in [0.2, 0.25) is 12.6 Å². The molecule has 0 spiro atoms. The van der Waals surface area contributed by atoms with Crippen LogP contribution in [-0.2, 0) is 19.2 Å². The molecule has 0 fully saturated rings. The van der Waals surface area contributed by atoms with Gasteiger partial charge in [0.1, 0.15) is 0 Å². The van der Waals surface area contributed by atoms with E-state index in [1.807, 2.05) is 24.3 Å². The van der Waals surface area contributed by atoms with Gasteiger partial charge in [-0.1, -0.05) is 21.6 Å². The van der Waals surface area contributed by atoms with Crippen LogP contribution in [0.1, 0.15) is 0 Å². The predicted molar refractivity (Wildman–Crippen MR) is 94.0 cm³/mol. The second-order valence-electron chi connectivity index (χ2n) is 4.43. The summed E-state index contributed by atoms with van der Waals surface area (Å²) < 4.78 is 0. The third-order valence-corrected chi connectivity index (χ3v) is 5.11. The Bertz CT molecular complexity index is 680. The molecule has 0 saturated carbocycles. The summed E-state index contributed by atoms with van der Waals surface area (Å²) in [4.78, 5) is 44.4. The van der Waals surface area contributed by atoms with Crippen molar-refractivity contribution in [2.24, 2.45) is 0 Å². The van der Waals surface area contributed by atoms with Gasteiger partial charge in [-0.05, 0) is 48.5 Å². The van der Waals surface area contributed by atoms with Gasteiger partial charge in [-0.15, -0.1) is 0 Å². The molecule has 0 aromatic heterocycles. The average molecular weight is 360 g/mol. The number of carbonyl (C=O) groups is 4. The predicted octanol–water partition coefficient (Wildman–Crippen LogP) is 2.76. The first-order valence-electron chi connectivity index (χ1n) is 6.67. The second-order valence-corrected chi connectivity index (χ2v) is 6.71. The number of anilines is 2. The molecular formula is C16H12N2O4S2. The molecule has 2 amide bonds. The van der Waals surface area contributed by atoms with Crippen LogP contribution < -0.4 is 10.6 Å². The van der Waals surface area contributed by atoms with Crippen molar-refractivity contribution in [3.63, 3.8) is 0 Å². The zero-order valence-corrected chi connectivity index (χ0v) is 13.9. The van der Waals surface area contributed by atoms with Gasteiger partial charge in [0.25, 0.3) is 11.8 Å². The number of rotatable bonds is 7. The van der Waals surface area contributed by atoms with Crippen LogP contribution in [0.15, 0.2) is 58.3 Å². The first-order chi connectivity index (χ1) is 11.6. The van der Waals surface area contributed by atoms with Crippen LogP contribution in [0.4, 0.5) is 11.4 Å². The van der Waals surface area contributed by atoms with Gasteiger partial charge in [-0.2, -0.15) is 0 Å². The monoisotopic (exact) mass is 360 g/mol. The fourth-order valence-electron chi connectivity index (χ4n) is 1.63. The van der Waals surface area contributed by atoms with Crippen molar-refractivity contribution in [3.05, 3.63) is 48.5 Å². The first-order valence-corrected chi connectivity index (χ1v) is 8.82. The molecule has 6 nitrogen and oxygen atoms in total. The molecule has 2 N–H and O–H groups in total. The summed E-state index contributed by atoms with van der Waals surface area (Å²) in [7, 11) is 3.04. The molecule has 2 aromatic rings. The van der Waals surface area contributed by atoms with E-state index < -0.39 is 11.8 Å². The van der Waals surface area contributed by atoms with Crippen molar-refractivity contribution < 1.29 is 19.2 Å². The topological polar surface area (TPSA) is 92.3 Å². The van der Waals surface area contributed by atoms with Gasteiger partial charge in [0.15, 0.2) is 0 Å². The zero-order valence-electron chi connectivity index (χ0n) is 12.2. The van der Waals surface area contributed by atoms with E-state index in [2.05, 4.69) is 10.6 Å². The Kier molecular flexibility index (Phi) is 6.59. The maximum absolute atomic E-state index is 11.0. The third-order valence-electron chi connectivity index (χ3n) is 2.69. The minimum Gasteiger partial charge on any atom is -0.320 e. The Balaban J connectivity index is 1.88. The standard InChI is InChI=1S/C16H12N2O4S2/c19-9-15(21)17-11-1-5-13(6-2-11)23-24-14-7-3-12(4-8-14)18-16(22)10-20/h1-10H,(H,17,21)(H,18,22). The van der Waals surface area contributed by atoms with E-state index in [9.17, 15) is 19.2 Å². The van der Waals surface area contributed by atoms with E-state index in [4.69, 9.17) is 0 Å². The average Bonchev–Trinajstić information content (AvgIpc) is 2.62. The smallest absolute Gasteiger partial charge is 0.288 e. The van der Waals surface area contributed by atoms with E-state index in [0.29, 0.717) is 11.4 Å². The van der Waals surface area contributed by atoms with Crippen LogP contribution in [0.3, 0.4) is 0 Å². The molecule has 0 atom stereocenters. The molecule has 0 bridgehead atoms. The molecule has 2 rings (SSSR count). The normalized spacial score (nSPS) is 9.83. The van der Waals surface area contributed by atoms with Crippen LogP contribution in [0.2, 0.25) is 0 Å². The Labute approximate surface area is 145 Å². The van der Waals surface area contributed by atoms with E-state index in [0.717, 1.165) is 9.79 Å².